The Morgan fingerprint density at radius 3 is 2.50 bits per heavy atom. The topological polar surface area (TPSA) is 108 Å². The maximum atomic E-state index is 13.4. The fourth-order valence-corrected chi connectivity index (χ4v) is 1.30. The molecule has 3 N–H and O–H groups in total. The number of urea groups is 1. The smallest absolute Gasteiger partial charge is 0.339 e. The molecule has 0 fully saturated rings. The quantitative estimate of drug-likeness (QED) is 0.786. The Morgan fingerprint density at radius 2 is 2.00 bits per heavy atom. The predicted molar refractivity (Wildman–Crippen MR) is 65.6 cm³/mol. The van der Waals surface area contributed by atoms with E-state index in [4.69, 9.17) is 15.2 Å². The summed E-state index contributed by atoms with van der Waals surface area (Å²) < 4.78 is 22.9. The van der Waals surface area contributed by atoms with Gasteiger partial charge in [0.25, 0.3) is 5.91 Å². The first kappa shape index (κ1) is 15.4. The number of nitrogens with one attached hydrogen (secondary N) is 1. The van der Waals surface area contributed by atoms with Gasteiger partial charge >= 0.3 is 12.0 Å². The van der Waals surface area contributed by atoms with E-state index < -0.39 is 29.8 Å². The normalized spacial score (nSPS) is 11.3. The van der Waals surface area contributed by atoms with Gasteiger partial charge in [-0.15, -0.1) is 0 Å². The number of amides is 3. The summed E-state index contributed by atoms with van der Waals surface area (Å²) in [6, 6.07) is 2.39. The van der Waals surface area contributed by atoms with Gasteiger partial charge in [0.2, 0.25) is 0 Å². The number of imide groups is 1. The van der Waals surface area contributed by atoms with Gasteiger partial charge in [-0.25, -0.2) is 14.0 Å². The average molecular weight is 284 g/mol. The number of carbonyl (C=O) groups is 3. The highest BCUT2D eigenvalue weighted by atomic mass is 19.1. The summed E-state index contributed by atoms with van der Waals surface area (Å²) in [5.74, 6) is -2.56. The summed E-state index contributed by atoms with van der Waals surface area (Å²) >= 11 is 0. The van der Waals surface area contributed by atoms with Crippen LogP contribution in [-0.2, 0) is 9.53 Å². The van der Waals surface area contributed by atoms with Gasteiger partial charge in [-0.2, -0.15) is 0 Å². The van der Waals surface area contributed by atoms with Gasteiger partial charge in [0.1, 0.15) is 0 Å². The molecule has 0 heterocycles. The van der Waals surface area contributed by atoms with E-state index in [-0.39, 0.29) is 11.3 Å². The first-order valence-corrected chi connectivity index (χ1v) is 5.50. The lowest BCUT2D eigenvalue weighted by Crippen LogP contribution is -2.42. The fourth-order valence-electron chi connectivity index (χ4n) is 1.30. The van der Waals surface area contributed by atoms with Crippen molar-refractivity contribution in [2.75, 3.05) is 7.11 Å². The number of halogens is 1. The minimum absolute atomic E-state index is 0.0268. The van der Waals surface area contributed by atoms with Crippen LogP contribution in [0.5, 0.6) is 5.75 Å². The van der Waals surface area contributed by atoms with Crippen molar-refractivity contribution in [3.63, 3.8) is 0 Å². The summed E-state index contributed by atoms with van der Waals surface area (Å²) in [7, 11) is 1.28. The largest absolute Gasteiger partial charge is 0.494 e. The SMILES string of the molecule is COc1ccc(C(=O)O[C@@H](C)C(=O)NC(N)=O)cc1F. The Hall–Kier alpha value is -2.64. The van der Waals surface area contributed by atoms with Gasteiger partial charge in [-0.3, -0.25) is 10.1 Å². The number of rotatable bonds is 4. The minimum Gasteiger partial charge on any atom is -0.494 e. The van der Waals surface area contributed by atoms with Gasteiger partial charge in [0.05, 0.1) is 12.7 Å². The van der Waals surface area contributed by atoms with E-state index in [9.17, 15) is 18.8 Å². The molecule has 1 aromatic carbocycles. The van der Waals surface area contributed by atoms with E-state index in [1.807, 2.05) is 0 Å². The third kappa shape index (κ3) is 3.94. The summed E-state index contributed by atoms with van der Waals surface area (Å²) in [6.07, 6.45) is -1.25. The van der Waals surface area contributed by atoms with Crippen LogP contribution in [0.15, 0.2) is 18.2 Å². The molecule has 0 bridgehead atoms. The summed E-state index contributed by atoms with van der Waals surface area (Å²) in [6.45, 7) is 1.25. The van der Waals surface area contributed by atoms with Crippen LogP contribution in [0.3, 0.4) is 0 Å². The van der Waals surface area contributed by atoms with Crippen LogP contribution in [0, 0.1) is 5.82 Å². The molecule has 0 aliphatic carbocycles. The number of ether oxygens (including phenoxy) is 2. The number of carbonyl (C=O) groups excluding carboxylic acids is 3. The molecule has 8 heteroatoms. The monoisotopic (exact) mass is 284 g/mol. The second kappa shape index (κ2) is 6.50. The number of methoxy groups -OCH3 is 1. The van der Waals surface area contributed by atoms with Crippen LogP contribution in [0.25, 0.3) is 0 Å². The highest BCUT2D eigenvalue weighted by Crippen LogP contribution is 2.18. The molecular weight excluding hydrogens is 271 g/mol. The van der Waals surface area contributed by atoms with Crippen LogP contribution in [0.1, 0.15) is 17.3 Å². The molecule has 0 unspecified atom stereocenters. The van der Waals surface area contributed by atoms with Gasteiger partial charge in [0.15, 0.2) is 17.7 Å². The molecule has 0 aliphatic heterocycles. The highest BCUT2D eigenvalue weighted by molar-refractivity contribution is 5.98. The number of nitrogens with two attached hydrogens (primary N) is 1. The third-order valence-electron chi connectivity index (χ3n) is 2.29. The fraction of sp³-hybridized carbons (Fsp3) is 0.250. The minimum atomic E-state index is -1.25. The molecular formula is C12H13FN2O5. The van der Waals surface area contributed by atoms with Crippen LogP contribution >= 0.6 is 0 Å². The van der Waals surface area contributed by atoms with E-state index in [1.54, 1.807) is 5.32 Å². The van der Waals surface area contributed by atoms with Crippen molar-refractivity contribution in [2.24, 2.45) is 5.73 Å². The van der Waals surface area contributed by atoms with E-state index in [1.165, 1.54) is 26.2 Å². The number of esters is 1. The van der Waals surface area contributed by atoms with Crippen molar-refractivity contribution in [3.8, 4) is 5.75 Å². The van der Waals surface area contributed by atoms with Crippen LogP contribution in [-0.4, -0.2) is 31.1 Å². The van der Waals surface area contributed by atoms with Crippen LogP contribution < -0.4 is 15.8 Å². The summed E-state index contributed by atoms with van der Waals surface area (Å²) in [4.78, 5) is 33.4. The summed E-state index contributed by atoms with van der Waals surface area (Å²) in [5, 5.41) is 1.76. The van der Waals surface area contributed by atoms with Crippen molar-refractivity contribution in [1.82, 2.24) is 5.32 Å². The standard InChI is InChI=1S/C12H13FN2O5/c1-6(10(16)15-12(14)18)20-11(17)7-3-4-9(19-2)8(13)5-7/h3-6H,1-2H3,(H3,14,15,16,18)/t6-/m0/s1. The lowest BCUT2D eigenvalue weighted by Gasteiger charge is -2.12. The maximum Gasteiger partial charge on any atom is 0.339 e. The molecule has 3 amide bonds. The molecule has 1 atom stereocenters. The Kier molecular flexibility index (Phi) is 5.01. The first-order valence-electron chi connectivity index (χ1n) is 5.50. The Morgan fingerprint density at radius 1 is 1.35 bits per heavy atom. The van der Waals surface area contributed by atoms with Crippen molar-refractivity contribution < 1.29 is 28.2 Å². The molecule has 0 saturated heterocycles. The van der Waals surface area contributed by atoms with E-state index >= 15 is 0 Å². The van der Waals surface area contributed by atoms with E-state index in [2.05, 4.69) is 0 Å². The van der Waals surface area contributed by atoms with Gasteiger partial charge in [-0.1, -0.05) is 0 Å². The summed E-state index contributed by atoms with van der Waals surface area (Å²) in [5.41, 5.74) is 4.65. The number of benzene rings is 1. The average Bonchev–Trinajstić information content (AvgIpc) is 2.37. The maximum absolute atomic E-state index is 13.4. The highest BCUT2D eigenvalue weighted by Gasteiger charge is 2.20. The van der Waals surface area contributed by atoms with Crippen LogP contribution in [0.4, 0.5) is 9.18 Å². The molecule has 0 saturated carbocycles. The van der Waals surface area contributed by atoms with Crippen molar-refractivity contribution >= 4 is 17.9 Å². The molecule has 20 heavy (non-hydrogen) atoms. The Labute approximate surface area is 113 Å². The lowest BCUT2D eigenvalue weighted by molar-refractivity contribution is -0.127. The number of hydrogen-bond acceptors (Lipinski definition) is 5. The third-order valence-corrected chi connectivity index (χ3v) is 2.29. The predicted octanol–water partition coefficient (Wildman–Crippen LogP) is 0.574. The molecule has 1 aromatic rings. The second-order valence-corrected chi connectivity index (χ2v) is 3.75. The first-order chi connectivity index (χ1) is 9.35. The second-order valence-electron chi connectivity index (χ2n) is 3.75. The molecule has 0 aliphatic rings. The zero-order chi connectivity index (χ0) is 15.3. The van der Waals surface area contributed by atoms with Gasteiger partial charge in [0, 0.05) is 0 Å². The van der Waals surface area contributed by atoms with E-state index in [0.29, 0.717) is 0 Å². The molecule has 108 valence electrons. The van der Waals surface area contributed by atoms with Crippen molar-refractivity contribution in [3.05, 3.63) is 29.6 Å². The van der Waals surface area contributed by atoms with Crippen molar-refractivity contribution in [2.45, 2.75) is 13.0 Å². The molecule has 0 radical (unpaired) electrons. The Bertz CT molecular complexity index is 547. The molecule has 1 rings (SSSR count). The number of hydrogen-bond donors (Lipinski definition) is 2. The molecule has 0 spiro atoms. The molecule has 0 aromatic heterocycles. The Balaban J connectivity index is 2.73. The lowest BCUT2D eigenvalue weighted by atomic mass is 10.2. The van der Waals surface area contributed by atoms with Crippen LogP contribution in [0.2, 0.25) is 0 Å². The van der Waals surface area contributed by atoms with Crippen molar-refractivity contribution in [1.29, 1.82) is 0 Å². The zero-order valence-corrected chi connectivity index (χ0v) is 10.8. The number of primary amides is 1. The molecule has 7 nitrogen and oxygen atoms in total. The van der Waals surface area contributed by atoms with Gasteiger partial charge in [-0.05, 0) is 25.1 Å². The van der Waals surface area contributed by atoms with E-state index in [0.717, 1.165) is 6.07 Å². The zero-order valence-electron chi connectivity index (χ0n) is 10.8. The van der Waals surface area contributed by atoms with Gasteiger partial charge < -0.3 is 15.2 Å².